The number of rotatable bonds is 2. The fourth-order valence-electron chi connectivity index (χ4n) is 3.01. The molecule has 0 unspecified atom stereocenters. The van der Waals surface area contributed by atoms with Crippen LogP contribution in [0.1, 0.15) is 19.8 Å². The van der Waals surface area contributed by atoms with Crippen LogP contribution in [0.25, 0.3) is 11.0 Å². The molecule has 0 aliphatic carbocycles. The number of benzene rings is 1. The molecule has 2 aromatic rings. The summed E-state index contributed by atoms with van der Waals surface area (Å²) in [6.45, 7) is 5.27. The van der Waals surface area contributed by atoms with E-state index in [4.69, 9.17) is 23.8 Å². The molecule has 1 aromatic heterocycles. The number of halogens is 2. The summed E-state index contributed by atoms with van der Waals surface area (Å²) in [5.41, 5.74) is 1.78. The van der Waals surface area contributed by atoms with Gasteiger partial charge in [-0.1, -0.05) is 18.5 Å². The lowest BCUT2D eigenvalue weighted by atomic mass is 9.80. The highest BCUT2D eigenvalue weighted by Gasteiger charge is 2.30. The molecular weight excluding hydrogens is 309 g/mol. The molecule has 1 saturated heterocycles. The monoisotopic (exact) mass is 327 g/mol. The fourth-order valence-corrected chi connectivity index (χ4v) is 3.44. The van der Waals surface area contributed by atoms with Crippen molar-refractivity contribution < 1.29 is 4.39 Å². The van der Waals surface area contributed by atoms with Gasteiger partial charge in [-0.2, -0.15) is 0 Å². The maximum atomic E-state index is 13.8. The van der Waals surface area contributed by atoms with Gasteiger partial charge >= 0.3 is 0 Å². The topological polar surface area (TPSA) is 24.0 Å². The van der Waals surface area contributed by atoms with Crippen LogP contribution < -0.4 is 0 Å². The lowest BCUT2D eigenvalue weighted by Crippen LogP contribution is -2.38. The maximum absolute atomic E-state index is 13.8. The van der Waals surface area contributed by atoms with Gasteiger partial charge in [-0.15, -0.1) is 0 Å². The molecule has 0 amide bonds. The van der Waals surface area contributed by atoms with Crippen molar-refractivity contribution in [2.45, 2.75) is 26.3 Å². The second-order valence-corrected chi connectivity index (χ2v) is 7.21. The third kappa shape index (κ3) is 2.87. The van der Waals surface area contributed by atoms with E-state index in [0.717, 1.165) is 43.5 Å². The molecule has 0 bridgehead atoms. The second kappa shape index (κ2) is 5.38. The number of H-pyrrole nitrogens is 1. The number of aromatic amines is 1. The number of hydrogen-bond acceptors (Lipinski definition) is 2. The molecule has 1 N–H and O–H groups in total. The Morgan fingerprint density at radius 2 is 2.05 bits per heavy atom. The van der Waals surface area contributed by atoms with Gasteiger partial charge in [0.05, 0.1) is 16.1 Å². The molecule has 21 heavy (non-hydrogen) atoms. The number of likely N-dealkylation sites (tertiary alicyclic amines) is 1. The number of hydrogen-bond donors (Lipinski definition) is 1. The molecule has 3 nitrogen and oxygen atoms in total. The van der Waals surface area contributed by atoms with Crippen LogP contribution in [0.5, 0.6) is 0 Å². The van der Waals surface area contributed by atoms with Crippen LogP contribution in [0.3, 0.4) is 0 Å². The van der Waals surface area contributed by atoms with E-state index in [1.54, 1.807) is 6.07 Å². The summed E-state index contributed by atoms with van der Waals surface area (Å²) in [4.78, 5) is 5.47. The molecule has 114 valence electrons. The Kier molecular flexibility index (Phi) is 3.84. The highest BCUT2D eigenvalue weighted by atomic mass is 35.5. The fraction of sp³-hybridized carbons (Fsp3) is 0.533. The Morgan fingerprint density at radius 3 is 2.71 bits per heavy atom. The number of imidazole rings is 1. The van der Waals surface area contributed by atoms with Gasteiger partial charge in [0, 0.05) is 12.6 Å². The third-order valence-electron chi connectivity index (χ3n) is 4.55. The number of aromatic nitrogens is 2. The van der Waals surface area contributed by atoms with Crippen molar-refractivity contribution in [1.82, 2.24) is 14.5 Å². The van der Waals surface area contributed by atoms with Crippen molar-refractivity contribution in [3.05, 3.63) is 27.7 Å². The number of nitrogens with zero attached hydrogens (tertiary/aromatic N) is 2. The van der Waals surface area contributed by atoms with Crippen LogP contribution in [0, 0.1) is 16.0 Å². The molecule has 0 spiro atoms. The van der Waals surface area contributed by atoms with Gasteiger partial charge < -0.3 is 14.5 Å². The zero-order valence-electron chi connectivity index (χ0n) is 12.2. The molecule has 0 atom stereocenters. The summed E-state index contributed by atoms with van der Waals surface area (Å²) in [7, 11) is 2.15. The van der Waals surface area contributed by atoms with E-state index in [0.29, 0.717) is 4.77 Å². The quantitative estimate of drug-likeness (QED) is 0.835. The molecular formula is C15H19ClFN3S. The van der Waals surface area contributed by atoms with Crippen LogP contribution in [0.15, 0.2) is 12.1 Å². The summed E-state index contributed by atoms with van der Waals surface area (Å²) in [5, 5.41) is 0.122. The zero-order chi connectivity index (χ0) is 15.2. The van der Waals surface area contributed by atoms with E-state index in [9.17, 15) is 4.39 Å². The summed E-state index contributed by atoms with van der Waals surface area (Å²) < 4.78 is 16.4. The Bertz CT molecular complexity index is 728. The van der Waals surface area contributed by atoms with E-state index in [1.165, 1.54) is 6.07 Å². The minimum Gasteiger partial charge on any atom is -0.331 e. The van der Waals surface area contributed by atoms with Crippen molar-refractivity contribution >= 4 is 34.9 Å². The smallest absolute Gasteiger partial charge is 0.178 e. The first-order valence-corrected chi connectivity index (χ1v) is 7.93. The van der Waals surface area contributed by atoms with Crippen LogP contribution in [0.4, 0.5) is 4.39 Å². The Hall–Kier alpha value is -0.910. The highest BCUT2D eigenvalue weighted by molar-refractivity contribution is 7.71. The predicted molar refractivity (Wildman–Crippen MR) is 86.9 cm³/mol. The molecule has 3 rings (SSSR count). The Labute approximate surface area is 133 Å². The van der Waals surface area contributed by atoms with E-state index >= 15 is 0 Å². The first-order chi connectivity index (χ1) is 9.88. The lowest BCUT2D eigenvalue weighted by molar-refractivity contribution is 0.121. The first kappa shape index (κ1) is 15.0. The highest BCUT2D eigenvalue weighted by Crippen LogP contribution is 2.34. The van der Waals surface area contributed by atoms with Crippen LogP contribution in [-0.4, -0.2) is 34.6 Å². The van der Waals surface area contributed by atoms with Crippen molar-refractivity contribution in [3.63, 3.8) is 0 Å². The second-order valence-electron chi connectivity index (χ2n) is 6.41. The van der Waals surface area contributed by atoms with Gasteiger partial charge in [0.2, 0.25) is 0 Å². The van der Waals surface area contributed by atoms with Gasteiger partial charge in [0.15, 0.2) is 4.77 Å². The van der Waals surface area contributed by atoms with Crippen LogP contribution in [0.2, 0.25) is 5.02 Å². The van der Waals surface area contributed by atoms with E-state index in [-0.39, 0.29) is 10.4 Å². The average molecular weight is 328 g/mol. The van der Waals surface area contributed by atoms with Crippen molar-refractivity contribution in [2.24, 2.45) is 5.41 Å². The third-order valence-corrected chi connectivity index (χ3v) is 5.16. The number of nitrogens with one attached hydrogen (secondary N) is 1. The normalized spacial score (nSPS) is 19.2. The summed E-state index contributed by atoms with van der Waals surface area (Å²) in [5.74, 6) is -0.402. The standard InChI is InChI=1S/C15H19ClFN3S/c1-15(3-5-19(2)6-4-15)9-20-13-8-11(17)10(16)7-12(13)18-14(20)21/h7-8H,3-6,9H2,1-2H3,(H,18,21). The molecule has 1 fully saturated rings. The number of fused-ring (bicyclic) bond motifs is 1. The van der Waals surface area contributed by atoms with Crippen molar-refractivity contribution in [3.8, 4) is 0 Å². The minimum atomic E-state index is -0.402. The Morgan fingerprint density at radius 1 is 1.38 bits per heavy atom. The van der Waals surface area contributed by atoms with Crippen molar-refractivity contribution in [1.29, 1.82) is 0 Å². The summed E-state index contributed by atoms with van der Waals surface area (Å²) in [6, 6.07) is 3.08. The molecule has 1 aliphatic heterocycles. The van der Waals surface area contributed by atoms with Gasteiger partial charge in [-0.25, -0.2) is 4.39 Å². The van der Waals surface area contributed by atoms with Gasteiger partial charge in [-0.3, -0.25) is 0 Å². The van der Waals surface area contributed by atoms with Crippen LogP contribution >= 0.6 is 23.8 Å². The molecule has 0 radical (unpaired) electrons. The minimum absolute atomic E-state index is 0.122. The largest absolute Gasteiger partial charge is 0.331 e. The zero-order valence-corrected chi connectivity index (χ0v) is 13.8. The SMILES string of the molecule is CN1CCC(C)(Cn2c(=S)[nH]c3cc(Cl)c(F)cc32)CC1. The molecule has 1 aromatic carbocycles. The van der Waals surface area contributed by atoms with Crippen LogP contribution in [-0.2, 0) is 6.54 Å². The van der Waals surface area contributed by atoms with E-state index in [1.807, 2.05) is 4.57 Å². The maximum Gasteiger partial charge on any atom is 0.178 e. The average Bonchev–Trinajstić information content (AvgIpc) is 2.71. The first-order valence-electron chi connectivity index (χ1n) is 7.14. The van der Waals surface area contributed by atoms with E-state index < -0.39 is 5.82 Å². The Balaban J connectivity index is 1.99. The molecule has 2 heterocycles. The molecule has 0 saturated carbocycles. The van der Waals surface area contributed by atoms with E-state index in [2.05, 4.69) is 23.9 Å². The lowest BCUT2D eigenvalue weighted by Gasteiger charge is -2.38. The predicted octanol–water partition coefficient (Wildman–Crippen LogP) is 4.22. The number of piperidine rings is 1. The summed E-state index contributed by atoms with van der Waals surface area (Å²) in [6.07, 6.45) is 2.24. The van der Waals surface area contributed by atoms with Crippen molar-refractivity contribution in [2.75, 3.05) is 20.1 Å². The molecule has 6 heteroatoms. The van der Waals surface area contributed by atoms with Gasteiger partial charge in [-0.05, 0) is 56.7 Å². The van der Waals surface area contributed by atoms with Gasteiger partial charge in [0.25, 0.3) is 0 Å². The molecule has 1 aliphatic rings. The van der Waals surface area contributed by atoms with Gasteiger partial charge in [0.1, 0.15) is 5.82 Å². The summed E-state index contributed by atoms with van der Waals surface area (Å²) >= 11 is 11.3.